The molecule has 2 aromatic rings. The lowest BCUT2D eigenvalue weighted by Crippen LogP contribution is -2.05. The third kappa shape index (κ3) is 2.26. The Bertz CT molecular complexity index is 535. The van der Waals surface area contributed by atoms with Gasteiger partial charge in [-0.25, -0.2) is 15.0 Å². The Labute approximate surface area is 114 Å². The third-order valence-electron chi connectivity index (χ3n) is 2.54. The molecule has 0 saturated heterocycles. The van der Waals surface area contributed by atoms with Gasteiger partial charge in [-0.05, 0) is 36.4 Å². The lowest BCUT2D eigenvalue weighted by atomic mass is 10.3. The summed E-state index contributed by atoms with van der Waals surface area (Å²) in [6.45, 7) is 4.92. The zero-order valence-electron chi connectivity index (χ0n) is 10.0. The van der Waals surface area contributed by atoms with Crippen molar-refractivity contribution in [1.29, 1.82) is 0 Å². The van der Waals surface area contributed by atoms with Crippen LogP contribution in [0.15, 0.2) is 12.5 Å². The molecule has 0 aromatic carbocycles. The van der Waals surface area contributed by atoms with Crippen LogP contribution in [0.1, 0.15) is 12.6 Å². The lowest BCUT2D eigenvalue weighted by molar-refractivity contribution is 0.763. The average Bonchev–Trinajstić information content (AvgIpc) is 2.80. The van der Waals surface area contributed by atoms with Crippen LogP contribution in [0, 0.1) is 10.5 Å². The standard InChI is InChI=1S/C11H14IN5/c1-4-17-6-14-5-8(17)10-15-7(2)9(12)11(13-3)16-10/h5-6H,4H2,1-3H3,(H,13,15,16). The summed E-state index contributed by atoms with van der Waals surface area (Å²) in [7, 11) is 1.87. The maximum absolute atomic E-state index is 4.51. The first-order valence-corrected chi connectivity index (χ1v) is 6.47. The van der Waals surface area contributed by atoms with E-state index in [-0.39, 0.29) is 0 Å². The average molecular weight is 343 g/mol. The fourth-order valence-corrected chi connectivity index (χ4v) is 2.11. The van der Waals surface area contributed by atoms with Crippen LogP contribution in [-0.2, 0) is 6.54 Å². The molecule has 0 radical (unpaired) electrons. The maximum Gasteiger partial charge on any atom is 0.180 e. The lowest BCUT2D eigenvalue weighted by Gasteiger charge is -2.09. The Morgan fingerprint density at radius 1 is 1.41 bits per heavy atom. The number of hydrogen-bond acceptors (Lipinski definition) is 4. The van der Waals surface area contributed by atoms with Crippen LogP contribution in [0.3, 0.4) is 0 Å². The number of nitrogens with zero attached hydrogens (tertiary/aromatic N) is 4. The SMILES string of the molecule is CCn1cncc1-c1nc(C)c(I)c(NC)n1. The van der Waals surface area contributed by atoms with Gasteiger partial charge in [-0.2, -0.15) is 0 Å². The van der Waals surface area contributed by atoms with Gasteiger partial charge in [-0.15, -0.1) is 0 Å². The summed E-state index contributed by atoms with van der Waals surface area (Å²) in [5.74, 6) is 1.57. The minimum atomic E-state index is 0.714. The van der Waals surface area contributed by atoms with Crippen molar-refractivity contribution < 1.29 is 0 Å². The molecule has 0 aliphatic heterocycles. The Morgan fingerprint density at radius 3 is 2.82 bits per heavy atom. The van der Waals surface area contributed by atoms with Crippen LogP contribution in [0.2, 0.25) is 0 Å². The van der Waals surface area contributed by atoms with Crippen LogP contribution in [0.4, 0.5) is 5.82 Å². The maximum atomic E-state index is 4.51. The van der Waals surface area contributed by atoms with Crippen molar-refractivity contribution in [2.24, 2.45) is 0 Å². The Morgan fingerprint density at radius 2 is 2.18 bits per heavy atom. The van der Waals surface area contributed by atoms with Crippen molar-refractivity contribution >= 4 is 28.4 Å². The monoisotopic (exact) mass is 343 g/mol. The molecule has 0 saturated carbocycles. The van der Waals surface area contributed by atoms with Gasteiger partial charge in [-0.3, -0.25) is 0 Å². The number of imidazole rings is 1. The van der Waals surface area contributed by atoms with Crippen molar-refractivity contribution in [2.45, 2.75) is 20.4 Å². The van der Waals surface area contributed by atoms with Crippen molar-refractivity contribution in [3.8, 4) is 11.5 Å². The molecule has 17 heavy (non-hydrogen) atoms. The van der Waals surface area contributed by atoms with Gasteiger partial charge in [0.2, 0.25) is 0 Å². The van der Waals surface area contributed by atoms with Crippen molar-refractivity contribution in [2.75, 3.05) is 12.4 Å². The fraction of sp³-hybridized carbons (Fsp3) is 0.364. The Hall–Kier alpha value is -1.18. The first kappa shape index (κ1) is 12.3. The minimum Gasteiger partial charge on any atom is -0.372 e. The first-order chi connectivity index (χ1) is 8.17. The molecule has 1 N–H and O–H groups in total. The summed E-state index contributed by atoms with van der Waals surface area (Å²) < 4.78 is 3.08. The van der Waals surface area contributed by atoms with Gasteiger partial charge in [0.05, 0.1) is 21.8 Å². The second-order valence-electron chi connectivity index (χ2n) is 3.61. The zero-order valence-corrected chi connectivity index (χ0v) is 12.2. The highest BCUT2D eigenvalue weighted by Crippen LogP contribution is 2.23. The Kier molecular flexibility index (Phi) is 3.60. The van der Waals surface area contributed by atoms with E-state index in [2.05, 4.69) is 49.8 Å². The molecular weight excluding hydrogens is 329 g/mol. The van der Waals surface area contributed by atoms with Gasteiger partial charge >= 0.3 is 0 Å². The molecule has 0 unspecified atom stereocenters. The molecule has 0 fully saturated rings. The highest BCUT2D eigenvalue weighted by molar-refractivity contribution is 14.1. The molecule has 90 valence electrons. The van der Waals surface area contributed by atoms with E-state index in [1.54, 1.807) is 12.5 Å². The van der Waals surface area contributed by atoms with Crippen molar-refractivity contribution in [3.05, 3.63) is 21.8 Å². The number of nitrogens with one attached hydrogen (secondary N) is 1. The van der Waals surface area contributed by atoms with E-state index in [0.29, 0.717) is 5.82 Å². The van der Waals surface area contributed by atoms with Gasteiger partial charge < -0.3 is 9.88 Å². The minimum absolute atomic E-state index is 0.714. The van der Waals surface area contributed by atoms with E-state index in [9.17, 15) is 0 Å². The van der Waals surface area contributed by atoms with Gasteiger partial charge in [0.15, 0.2) is 5.82 Å². The number of rotatable bonds is 3. The van der Waals surface area contributed by atoms with Gasteiger partial charge in [0.25, 0.3) is 0 Å². The number of hydrogen-bond donors (Lipinski definition) is 1. The van der Waals surface area contributed by atoms with Crippen LogP contribution < -0.4 is 5.32 Å². The molecule has 0 aliphatic rings. The van der Waals surface area contributed by atoms with Crippen molar-refractivity contribution in [3.63, 3.8) is 0 Å². The molecular formula is C11H14IN5. The number of anilines is 1. The molecule has 2 aromatic heterocycles. The third-order valence-corrected chi connectivity index (χ3v) is 3.83. The number of halogens is 1. The highest BCUT2D eigenvalue weighted by atomic mass is 127. The van der Waals surface area contributed by atoms with Crippen LogP contribution in [0.5, 0.6) is 0 Å². The summed E-state index contributed by atoms with van der Waals surface area (Å²) in [5.41, 5.74) is 1.92. The molecule has 0 atom stereocenters. The highest BCUT2D eigenvalue weighted by Gasteiger charge is 2.12. The molecule has 5 nitrogen and oxygen atoms in total. The molecule has 6 heteroatoms. The van der Waals surface area contributed by atoms with E-state index < -0.39 is 0 Å². The molecule has 0 amide bonds. The largest absolute Gasteiger partial charge is 0.372 e. The topological polar surface area (TPSA) is 55.6 Å². The Balaban J connectivity index is 2.57. The summed E-state index contributed by atoms with van der Waals surface area (Å²) >= 11 is 2.25. The quantitative estimate of drug-likeness (QED) is 0.869. The van der Waals surface area contributed by atoms with E-state index in [1.165, 1.54) is 0 Å². The van der Waals surface area contributed by atoms with Crippen molar-refractivity contribution in [1.82, 2.24) is 19.5 Å². The smallest absolute Gasteiger partial charge is 0.180 e. The first-order valence-electron chi connectivity index (χ1n) is 5.39. The van der Waals surface area contributed by atoms with E-state index in [0.717, 1.165) is 27.3 Å². The fourth-order valence-electron chi connectivity index (χ4n) is 1.60. The van der Waals surface area contributed by atoms with Gasteiger partial charge in [0.1, 0.15) is 11.5 Å². The van der Waals surface area contributed by atoms with Crippen LogP contribution in [-0.4, -0.2) is 26.6 Å². The number of aromatic nitrogens is 4. The summed E-state index contributed by atoms with van der Waals surface area (Å²) in [4.78, 5) is 13.2. The second-order valence-corrected chi connectivity index (χ2v) is 4.69. The summed E-state index contributed by atoms with van der Waals surface area (Å²) in [6, 6.07) is 0. The van der Waals surface area contributed by atoms with Crippen LogP contribution >= 0.6 is 22.6 Å². The van der Waals surface area contributed by atoms with E-state index in [4.69, 9.17) is 0 Å². The summed E-state index contributed by atoms with van der Waals surface area (Å²) in [5, 5.41) is 3.09. The predicted molar refractivity (Wildman–Crippen MR) is 75.9 cm³/mol. The van der Waals surface area contributed by atoms with Gasteiger partial charge in [0, 0.05) is 13.6 Å². The zero-order chi connectivity index (χ0) is 12.4. The molecule has 2 heterocycles. The molecule has 0 aliphatic carbocycles. The summed E-state index contributed by atoms with van der Waals surface area (Å²) in [6.07, 6.45) is 3.59. The van der Waals surface area contributed by atoms with E-state index in [1.807, 2.05) is 18.5 Å². The van der Waals surface area contributed by atoms with Gasteiger partial charge in [-0.1, -0.05) is 0 Å². The molecule has 0 spiro atoms. The molecule has 0 bridgehead atoms. The van der Waals surface area contributed by atoms with E-state index >= 15 is 0 Å². The number of aryl methyl sites for hydroxylation is 2. The normalized spacial score (nSPS) is 10.6. The van der Waals surface area contributed by atoms with Crippen LogP contribution in [0.25, 0.3) is 11.5 Å². The second kappa shape index (κ2) is 4.99. The predicted octanol–water partition coefficient (Wildman–Crippen LogP) is 2.31. The molecule has 2 rings (SSSR count).